The maximum absolute atomic E-state index is 12.1. The first-order valence-corrected chi connectivity index (χ1v) is 8.06. The Balaban J connectivity index is 2.06. The van der Waals surface area contributed by atoms with Crippen molar-refractivity contribution in [1.82, 2.24) is 0 Å². The summed E-state index contributed by atoms with van der Waals surface area (Å²) in [7, 11) is 1.52. The average Bonchev–Trinajstić information content (AvgIpc) is 2.50. The molecular formula is C16H14Br2O4. The Hall–Kier alpha value is -1.53. The van der Waals surface area contributed by atoms with E-state index < -0.39 is 12.1 Å². The van der Waals surface area contributed by atoms with Crippen LogP contribution in [-0.2, 0) is 4.79 Å². The number of hydrogen-bond acceptors (Lipinski definition) is 4. The molecule has 0 aromatic heterocycles. The second-order valence-electron chi connectivity index (χ2n) is 4.41. The largest absolute Gasteiger partial charge is 0.493 e. The lowest BCUT2D eigenvalue weighted by molar-refractivity contribution is -0.141. The molecule has 0 spiro atoms. The molecule has 0 radical (unpaired) electrons. The van der Waals surface area contributed by atoms with Crippen LogP contribution in [0.5, 0.6) is 17.2 Å². The van der Waals surface area contributed by atoms with Gasteiger partial charge in [-0.3, -0.25) is 0 Å². The molecule has 2 rings (SSSR count). The number of benzene rings is 2. The molecular weight excluding hydrogens is 416 g/mol. The molecule has 0 N–H and O–H groups in total. The summed E-state index contributed by atoms with van der Waals surface area (Å²) in [4.78, 5) is 12.1. The highest BCUT2D eigenvalue weighted by Gasteiger charge is 2.20. The Kier molecular flexibility index (Phi) is 5.85. The normalized spacial score (nSPS) is 11.6. The van der Waals surface area contributed by atoms with Crippen LogP contribution in [0.4, 0.5) is 0 Å². The molecule has 6 heteroatoms. The van der Waals surface area contributed by atoms with Crippen LogP contribution in [0.15, 0.2) is 51.4 Å². The lowest BCUT2D eigenvalue weighted by Crippen LogP contribution is -2.28. The van der Waals surface area contributed by atoms with Gasteiger partial charge in [-0.05, 0) is 53.2 Å². The fourth-order valence-corrected chi connectivity index (χ4v) is 2.84. The van der Waals surface area contributed by atoms with Crippen molar-refractivity contribution < 1.29 is 19.0 Å². The van der Waals surface area contributed by atoms with Gasteiger partial charge in [0, 0.05) is 4.47 Å². The smallest absolute Gasteiger partial charge is 0.352 e. The third kappa shape index (κ3) is 4.24. The van der Waals surface area contributed by atoms with Gasteiger partial charge < -0.3 is 14.2 Å². The fraction of sp³-hybridized carbons (Fsp3) is 0.188. The number of ether oxygens (including phenoxy) is 3. The van der Waals surface area contributed by atoms with E-state index in [-0.39, 0.29) is 0 Å². The minimum Gasteiger partial charge on any atom is -0.493 e. The van der Waals surface area contributed by atoms with Gasteiger partial charge in [-0.25, -0.2) is 4.79 Å². The molecule has 1 atom stereocenters. The van der Waals surface area contributed by atoms with E-state index in [1.54, 1.807) is 37.3 Å². The number of carbonyl (C=O) groups excluding carboxylic acids is 1. The van der Waals surface area contributed by atoms with Crippen LogP contribution in [0.25, 0.3) is 0 Å². The summed E-state index contributed by atoms with van der Waals surface area (Å²) in [6.07, 6.45) is -0.762. The molecule has 0 heterocycles. The van der Waals surface area contributed by atoms with E-state index in [1.807, 2.05) is 12.1 Å². The third-order valence-corrected chi connectivity index (χ3v) is 3.92. The summed E-state index contributed by atoms with van der Waals surface area (Å²) in [6.45, 7) is 1.63. The van der Waals surface area contributed by atoms with Gasteiger partial charge in [0.15, 0.2) is 17.6 Å². The minimum atomic E-state index is -0.762. The molecule has 2 aromatic rings. The van der Waals surface area contributed by atoms with Gasteiger partial charge in [0.2, 0.25) is 0 Å². The van der Waals surface area contributed by atoms with Crippen molar-refractivity contribution in [3.05, 3.63) is 51.4 Å². The Morgan fingerprint density at radius 2 is 1.73 bits per heavy atom. The van der Waals surface area contributed by atoms with Gasteiger partial charge >= 0.3 is 5.97 Å². The molecule has 0 fully saturated rings. The van der Waals surface area contributed by atoms with Crippen molar-refractivity contribution in [3.63, 3.8) is 0 Å². The Labute approximate surface area is 145 Å². The number of para-hydroxylation sites is 2. The SMILES string of the molecule is COc1ccccc1OC(=O)[C@H](C)Oc1ccc(Br)cc1Br. The van der Waals surface area contributed by atoms with Crippen LogP contribution in [0.2, 0.25) is 0 Å². The first-order valence-electron chi connectivity index (χ1n) is 6.47. The molecule has 0 aliphatic carbocycles. The van der Waals surface area contributed by atoms with Crippen molar-refractivity contribution in [1.29, 1.82) is 0 Å². The van der Waals surface area contributed by atoms with E-state index in [1.165, 1.54) is 7.11 Å². The van der Waals surface area contributed by atoms with Crippen molar-refractivity contribution in [2.24, 2.45) is 0 Å². The van der Waals surface area contributed by atoms with E-state index in [9.17, 15) is 4.79 Å². The second kappa shape index (κ2) is 7.65. The Morgan fingerprint density at radius 1 is 1.05 bits per heavy atom. The molecule has 0 amide bonds. The monoisotopic (exact) mass is 428 g/mol. The van der Waals surface area contributed by atoms with E-state index in [0.29, 0.717) is 17.2 Å². The first kappa shape index (κ1) is 16.8. The molecule has 116 valence electrons. The van der Waals surface area contributed by atoms with Crippen molar-refractivity contribution >= 4 is 37.8 Å². The molecule has 0 saturated heterocycles. The van der Waals surface area contributed by atoms with Gasteiger partial charge in [-0.1, -0.05) is 28.1 Å². The molecule has 2 aromatic carbocycles. The molecule has 0 aliphatic heterocycles. The van der Waals surface area contributed by atoms with Crippen LogP contribution in [0, 0.1) is 0 Å². The van der Waals surface area contributed by atoms with Crippen LogP contribution in [-0.4, -0.2) is 19.2 Å². The Bertz CT molecular complexity index is 673. The molecule has 22 heavy (non-hydrogen) atoms. The highest BCUT2D eigenvalue weighted by atomic mass is 79.9. The van der Waals surface area contributed by atoms with Crippen LogP contribution >= 0.6 is 31.9 Å². The minimum absolute atomic E-state index is 0.361. The zero-order valence-corrected chi connectivity index (χ0v) is 15.2. The van der Waals surface area contributed by atoms with Crippen LogP contribution < -0.4 is 14.2 Å². The van der Waals surface area contributed by atoms with E-state index in [4.69, 9.17) is 14.2 Å². The van der Waals surface area contributed by atoms with E-state index in [0.717, 1.165) is 8.95 Å². The summed E-state index contributed by atoms with van der Waals surface area (Å²) >= 11 is 6.75. The molecule has 0 bridgehead atoms. The number of esters is 1. The number of carbonyl (C=O) groups is 1. The summed E-state index contributed by atoms with van der Waals surface area (Å²) < 4.78 is 17.8. The summed E-state index contributed by atoms with van der Waals surface area (Å²) in [5, 5.41) is 0. The summed E-state index contributed by atoms with van der Waals surface area (Å²) in [5.41, 5.74) is 0. The number of halogens is 2. The summed E-state index contributed by atoms with van der Waals surface area (Å²) in [6, 6.07) is 12.4. The molecule has 0 saturated carbocycles. The van der Waals surface area contributed by atoms with Gasteiger partial charge in [-0.2, -0.15) is 0 Å². The highest BCUT2D eigenvalue weighted by molar-refractivity contribution is 9.11. The lowest BCUT2D eigenvalue weighted by Gasteiger charge is -2.16. The molecule has 0 unspecified atom stereocenters. The van der Waals surface area contributed by atoms with Gasteiger partial charge in [-0.15, -0.1) is 0 Å². The fourth-order valence-electron chi connectivity index (χ4n) is 1.70. The number of methoxy groups -OCH3 is 1. The summed E-state index contributed by atoms with van der Waals surface area (Å²) in [5.74, 6) is 0.917. The average molecular weight is 430 g/mol. The zero-order valence-electron chi connectivity index (χ0n) is 12.0. The topological polar surface area (TPSA) is 44.8 Å². The predicted molar refractivity (Wildman–Crippen MR) is 90.6 cm³/mol. The lowest BCUT2D eigenvalue weighted by atomic mass is 10.3. The predicted octanol–water partition coefficient (Wildman–Crippen LogP) is 4.59. The maximum atomic E-state index is 12.1. The van der Waals surface area contributed by atoms with Crippen molar-refractivity contribution in [2.75, 3.05) is 7.11 Å². The molecule has 0 aliphatic rings. The van der Waals surface area contributed by atoms with Gasteiger partial charge in [0.05, 0.1) is 11.6 Å². The van der Waals surface area contributed by atoms with Crippen molar-refractivity contribution in [2.45, 2.75) is 13.0 Å². The highest BCUT2D eigenvalue weighted by Crippen LogP contribution is 2.30. The standard InChI is InChI=1S/C16H14Br2O4/c1-10(21-13-8-7-11(17)9-12(13)18)16(19)22-15-6-4-3-5-14(15)20-2/h3-10H,1-2H3/t10-/m0/s1. The van der Waals surface area contributed by atoms with E-state index >= 15 is 0 Å². The first-order chi connectivity index (χ1) is 10.5. The van der Waals surface area contributed by atoms with Gasteiger partial charge in [0.25, 0.3) is 0 Å². The number of rotatable bonds is 5. The van der Waals surface area contributed by atoms with Gasteiger partial charge in [0.1, 0.15) is 5.75 Å². The van der Waals surface area contributed by atoms with E-state index in [2.05, 4.69) is 31.9 Å². The Morgan fingerprint density at radius 3 is 2.36 bits per heavy atom. The number of hydrogen-bond donors (Lipinski definition) is 0. The molecule has 4 nitrogen and oxygen atoms in total. The quantitative estimate of drug-likeness (QED) is 0.514. The van der Waals surface area contributed by atoms with Crippen LogP contribution in [0.1, 0.15) is 6.92 Å². The second-order valence-corrected chi connectivity index (χ2v) is 6.18. The van der Waals surface area contributed by atoms with Crippen LogP contribution in [0.3, 0.4) is 0 Å². The third-order valence-electron chi connectivity index (χ3n) is 2.81. The van der Waals surface area contributed by atoms with Crippen molar-refractivity contribution in [3.8, 4) is 17.2 Å². The zero-order chi connectivity index (χ0) is 16.1. The maximum Gasteiger partial charge on any atom is 0.352 e.